The number of aliphatic hydroxyl groups excluding tert-OH is 1. The van der Waals surface area contributed by atoms with E-state index in [1.165, 1.54) is 321 Å². The summed E-state index contributed by atoms with van der Waals surface area (Å²) in [7, 11) is 1.59. The fourth-order valence-electron chi connectivity index (χ4n) is 11.6. The lowest BCUT2D eigenvalue weighted by Crippen LogP contribution is -2.45. The van der Waals surface area contributed by atoms with Crippen LogP contribution in [-0.2, 0) is 18.4 Å². The van der Waals surface area contributed by atoms with Gasteiger partial charge in [-0.3, -0.25) is 13.8 Å². The molecule has 0 saturated heterocycles. The average molecular weight is 1230 g/mol. The molecule has 0 heterocycles. The Balaban J connectivity index is 3.95. The topological polar surface area (TPSA) is 105 Å². The van der Waals surface area contributed by atoms with Gasteiger partial charge in [0.1, 0.15) is 13.2 Å². The molecule has 0 aliphatic carbocycles. The van der Waals surface area contributed by atoms with Gasteiger partial charge in [-0.1, -0.05) is 371 Å². The predicted octanol–water partition coefficient (Wildman–Crippen LogP) is 24.6. The van der Waals surface area contributed by atoms with Crippen LogP contribution in [0.5, 0.6) is 0 Å². The first-order chi connectivity index (χ1) is 42.0. The van der Waals surface area contributed by atoms with Gasteiger partial charge in [-0.15, -0.1) is 0 Å². The first-order valence-corrected chi connectivity index (χ1v) is 39.5. The van der Waals surface area contributed by atoms with Crippen molar-refractivity contribution in [1.29, 1.82) is 0 Å². The van der Waals surface area contributed by atoms with Gasteiger partial charge >= 0.3 is 7.82 Å². The molecule has 0 aromatic heterocycles. The van der Waals surface area contributed by atoms with Gasteiger partial charge in [0.05, 0.1) is 39.9 Å². The van der Waals surface area contributed by atoms with Crippen molar-refractivity contribution in [3.05, 3.63) is 48.6 Å². The fraction of sp³-hybridized carbons (Fsp3) is 0.883. The third-order valence-corrected chi connectivity index (χ3v) is 18.5. The molecule has 0 aliphatic heterocycles. The van der Waals surface area contributed by atoms with Crippen molar-refractivity contribution in [1.82, 2.24) is 5.32 Å². The van der Waals surface area contributed by atoms with E-state index in [0.717, 1.165) is 44.9 Å². The second-order valence-corrected chi connectivity index (χ2v) is 28.8. The Bertz CT molecular complexity index is 1540. The highest BCUT2D eigenvalue weighted by Gasteiger charge is 2.28. The summed E-state index contributed by atoms with van der Waals surface area (Å²) in [6, 6.07) is -0.847. The van der Waals surface area contributed by atoms with Crippen molar-refractivity contribution in [2.24, 2.45) is 0 Å². The maximum Gasteiger partial charge on any atom is 0.472 e. The third-order valence-electron chi connectivity index (χ3n) is 17.5. The molecule has 8 nitrogen and oxygen atoms in total. The second-order valence-electron chi connectivity index (χ2n) is 27.4. The maximum atomic E-state index is 13.1. The molecule has 1 amide bonds. The van der Waals surface area contributed by atoms with Gasteiger partial charge in [0, 0.05) is 6.42 Å². The van der Waals surface area contributed by atoms with Gasteiger partial charge in [-0.2, -0.15) is 0 Å². The van der Waals surface area contributed by atoms with Gasteiger partial charge in [-0.25, -0.2) is 4.57 Å². The Labute approximate surface area is 537 Å². The molecule has 0 aliphatic rings. The lowest BCUT2D eigenvalue weighted by Gasteiger charge is -2.25. The smallest absolute Gasteiger partial charge is 0.387 e. The molecule has 3 N–H and O–H groups in total. The van der Waals surface area contributed by atoms with E-state index in [2.05, 4.69) is 55.6 Å². The normalized spacial score (nSPS) is 13.8. The minimum atomic E-state index is -4.35. The number of rotatable bonds is 71. The minimum absolute atomic E-state index is 0.0635. The highest BCUT2D eigenvalue weighted by Crippen LogP contribution is 2.43. The maximum absolute atomic E-state index is 13.1. The minimum Gasteiger partial charge on any atom is -0.387 e. The van der Waals surface area contributed by atoms with E-state index >= 15 is 0 Å². The van der Waals surface area contributed by atoms with Gasteiger partial charge in [-0.05, 0) is 57.8 Å². The second kappa shape index (κ2) is 67.8. The summed E-state index contributed by atoms with van der Waals surface area (Å²) in [6.45, 7) is 4.86. The average Bonchev–Trinajstić information content (AvgIpc) is 3.70. The van der Waals surface area contributed by atoms with Crippen LogP contribution in [-0.4, -0.2) is 73.4 Å². The molecular weight excluding hydrogens is 1080 g/mol. The summed E-state index contributed by atoms with van der Waals surface area (Å²) in [5, 5.41) is 14.0. The van der Waals surface area contributed by atoms with Crippen LogP contribution in [0.1, 0.15) is 386 Å². The van der Waals surface area contributed by atoms with Crippen LogP contribution in [0.25, 0.3) is 0 Å². The molecule has 9 heteroatoms. The largest absolute Gasteiger partial charge is 0.472 e. The molecular formula is C77H150N2O6P+. The third kappa shape index (κ3) is 69.9. The number of phosphoric ester groups is 1. The van der Waals surface area contributed by atoms with Crippen molar-refractivity contribution >= 4 is 13.7 Å². The zero-order valence-electron chi connectivity index (χ0n) is 58.3. The number of hydrogen-bond acceptors (Lipinski definition) is 5. The van der Waals surface area contributed by atoms with E-state index in [0.29, 0.717) is 17.4 Å². The first-order valence-electron chi connectivity index (χ1n) is 38.0. The molecule has 0 bridgehead atoms. The summed E-state index contributed by atoms with van der Waals surface area (Å²) >= 11 is 0. The summed E-state index contributed by atoms with van der Waals surface area (Å²) in [4.78, 5) is 23.5. The Hall–Kier alpha value is -1.54. The molecule has 0 rings (SSSR count). The Kier molecular flexibility index (Phi) is 66.6. The summed E-state index contributed by atoms with van der Waals surface area (Å²) in [5.41, 5.74) is 0. The van der Waals surface area contributed by atoms with Crippen molar-refractivity contribution < 1.29 is 32.9 Å². The number of carbonyl (C=O) groups excluding carboxylic acids is 1. The number of carbonyl (C=O) groups is 1. The molecule has 86 heavy (non-hydrogen) atoms. The number of nitrogens with zero attached hydrogens (tertiary/aromatic N) is 1. The number of allylic oxidation sites excluding steroid dienone is 7. The fourth-order valence-corrected chi connectivity index (χ4v) is 12.4. The van der Waals surface area contributed by atoms with Crippen molar-refractivity contribution in [3.63, 3.8) is 0 Å². The van der Waals surface area contributed by atoms with Crippen LogP contribution in [0.2, 0.25) is 0 Å². The molecule has 0 aromatic carbocycles. The van der Waals surface area contributed by atoms with Crippen LogP contribution < -0.4 is 5.32 Å². The van der Waals surface area contributed by atoms with Crippen LogP contribution in [0.15, 0.2) is 48.6 Å². The molecule has 0 spiro atoms. The van der Waals surface area contributed by atoms with Crippen LogP contribution in [0, 0.1) is 0 Å². The summed E-state index contributed by atoms with van der Waals surface area (Å²) in [5.74, 6) is -0.169. The van der Waals surface area contributed by atoms with E-state index in [9.17, 15) is 19.4 Å². The van der Waals surface area contributed by atoms with Gasteiger partial charge in [0.2, 0.25) is 5.91 Å². The Morgan fingerprint density at radius 3 is 0.965 bits per heavy atom. The number of nitrogens with one attached hydrogen (secondary N) is 1. The van der Waals surface area contributed by atoms with Crippen LogP contribution >= 0.6 is 7.82 Å². The number of phosphoric acid groups is 1. The van der Waals surface area contributed by atoms with Crippen molar-refractivity contribution in [2.75, 3.05) is 40.9 Å². The van der Waals surface area contributed by atoms with Crippen LogP contribution in [0.3, 0.4) is 0 Å². The van der Waals surface area contributed by atoms with Crippen molar-refractivity contribution in [3.8, 4) is 0 Å². The number of amides is 1. The number of likely N-dealkylation sites (N-methyl/N-ethyl adjacent to an activating group) is 1. The summed E-state index contributed by atoms with van der Waals surface area (Å²) in [6.07, 6.45) is 92.8. The first kappa shape index (κ1) is 84.5. The zero-order chi connectivity index (χ0) is 62.6. The predicted molar refractivity (Wildman–Crippen MR) is 378 cm³/mol. The van der Waals surface area contributed by atoms with Gasteiger partial charge in [0.15, 0.2) is 0 Å². The standard InChI is InChI=1S/C77H149N2O6P/c1-6-8-10-12-14-16-18-20-22-24-26-28-30-32-33-34-35-36-37-38-39-40-41-42-43-44-45-47-49-51-53-55-57-59-61-63-65-67-69-71-77(81)78-75(74-85-86(82,83)84-73-72-79(3,4)5)76(80)70-68-66-64-62-60-58-56-54-52-50-48-46-31-29-27-25-23-21-19-17-15-13-11-9-7-2/h18,20,24,26,30,32,68,70,75-76,80H,6-17,19,21-23,25,27-29,31,33-67,69,71-74H2,1-5H3,(H-,78,81,82,83)/p+1/b20-18-,26-24-,32-30-,70-68+. The van der Waals surface area contributed by atoms with E-state index in [1.807, 2.05) is 27.2 Å². The highest BCUT2D eigenvalue weighted by molar-refractivity contribution is 7.47. The molecule has 0 fully saturated rings. The van der Waals surface area contributed by atoms with E-state index in [1.54, 1.807) is 6.08 Å². The molecule has 3 atom stereocenters. The monoisotopic (exact) mass is 1230 g/mol. The van der Waals surface area contributed by atoms with E-state index in [4.69, 9.17) is 9.05 Å². The van der Waals surface area contributed by atoms with E-state index < -0.39 is 20.0 Å². The lowest BCUT2D eigenvalue weighted by molar-refractivity contribution is -0.870. The molecule has 0 aromatic rings. The zero-order valence-corrected chi connectivity index (χ0v) is 59.2. The lowest BCUT2D eigenvalue weighted by atomic mass is 10.0. The molecule has 0 radical (unpaired) electrons. The molecule has 3 unspecified atom stereocenters. The van der Waals surface area contributed by atoms with E-state index in [-0.39, 0.29) is 19.1 Å². The number of aliphatic hydroxyl groups is 1. The van der Waals surface area contributed by atoms with Crippen LogP contribution in [0.4, 0.5) is 0 Å². The van der Waals surface area contributed by atoms with Gasteiger partial charge in [0.25, 0.3) is 0 Å². The SMILES string of the molecule is CCCCCCC/C=C\C/C=C\C/C=C\CCCCCCCCCCCCCCCCCCCCCCCCCCC(=O)NC(COP(=O)(O)OCC[N+](C)(C)C)C(O)/C=C/CCCCCCCCCCCCCCCCCCCCCCCCC. The summed E-state index contributed by atoms with van der Waals surface area (Å²) < 4.78 is 23.9. The molecule has 0 saturated carbocycles. The number of unbranched alkanes of at least 4 members (excludes halogenated alkanes) is 52. The number of quaternary nitrogens is 1. The van der Waals surface area contributed by atoms with Crippen molar-refractivity contribution in [2.45, 2.75) is 398 Å². The Morgan fingerprint density at radius 1 is 0.395 bits per heavy atom. The quantitative estimate of drug-likeness (QED) is 0.0243. The highest BCUT2D eigenvalue weighted by atomic mass is 31.2. The Morgan fingerprint density at radius 2 is 0.663 bits per heavy atom. The van der Waals surface area contributed by atoms with Gasteiger partial charge < -0.3 is 19.8 Å². The number of hydrogen-bond donors (Lipinski definition) is 3. The molecule has 508 valence electrons.